The molecular formula is C20H29FGeN+. The Morgan fingerprint density at radius 3 is 2.35 bits per heavy atom. The third-order valence-corrected chi connectivity index (χ3v) is 8.61. The van der Waals surface area contributed by atoms with Crippen molar-refractivity contribution in [2.75, 3.05) is 0 Å². The SMILES string of the molecule is Cc1ccc(F)cc1-c1cc(CC(C)C)[c]([Ge]([CH3])([CH3])[CH3])c[n+]1C. The van der Waals surface area contributed by atoms with E-state index in [4.69, 9.17) is 0 Å². The van der Waals surface area contributed by atoms with Crippen molar-refractivity contribution in [3.63, 3.8) is 0 Å². The van der Waals surface area contributed by atoms with E-state index >= 15 is 0 Å². The molecule has 0 N–H and O–H groups in total. The molecule has 1 nitrogen and oxygen atoms in total. The van der Waals surface area contributed by atoms with Crippen molar-refractivity contribution < 1.29 is 8.96 Å². The van der Waals surface area contributed by atoms with Crippen molar-refractivity contribution in [1.29, 1.82) is 0 Å². The van der Waals surface area contributed by atoms with Crippen LogP contribution in [0.25, 0.3) is 11.3 Å². The second kappa shape index (κ2) is 6.76. The first-order chi connectivity index (χ1) is 10.6. The second-order valence-electron chi connectivity index (χ2n) is 8.02. The van der Waals surface area contributed by atoms with Gasteiger partial charge in [-0.05, 0) is 0 Å². The zero-order valence-corrected chi connectivity index (χ0v) is 17.6. The molecule has 2 aromatic rings. The maximum atomic E-state index is 13.7. The van der Waals surface area contributed by atoms with Crippen molar-refractivity contribution in [2.45, 2.75) is 44.5 Å². The summed E-state index contributed by atoms with van der Waals surface area (Å²) in [5.41, 5.74) is 4.66. The number of hydrogen-bond donors (Lipinski definition) is 0. The fourth-order valence-electron chi connectivity index (χ4n) is 3.11. The summed E-state index contributed by atoms with van der Waals surface area (Å²) in [5, 5.41) is 0. The molecule has 0 saturated carbocycles. The van der Waals surface area contributed by atoms with Gasteiger partial charge in [0, 0.05) is 0 Å². The Kier molecular flexibility index (Phi) is 5.34. The van der Waals surface area contributed by atoms with Crippen molar-refractivity contribution in [3.8, 4) is 11.3 Å². The number of rotatable bonds is 4. The quantitative estimate of drug-likeness (QED) is 0.552. The molecule has 1 aromatic heterocycles. The van der Waals surface area contributed by atoms with Crippen LogP contribution in [0.3, 0.4) is 0 Å². The first-order valence-corrected chi connectivity index (χ1v) is 15.7. The van der Waals surface area contributed by atoms with Gasteiger partial charge in [-0.2, -0.15) is 0 Å². The molecule has 1 aromatic carbocycles. The Hall–Kier alpha value is -1.16. The molecule has 23 heavy (non-hydrogen) atoms. The number of pyridine rings is 1. The van der Waals surface area contributed by atoms with Gasteiger partial charge in [-0.1, -0.05) is 0 Å². The molecule has 0 aliphatic carbocycles. The Morgan fingerprint density at radius 2 is 1.78 bits per heavy atom. The second-order valence-corrected chi connectivity index (χ2v) is 18.6. The third-order valence-electron chi connectivity index (χ3n) is 4.27. The molecule has 0 fully saturated rings. The molecule has 0 aliphatic heterocycles. The molecule has 3 heteroatoms. The topological polar surface area (TPSA) is 3.88 Å². The number of nitrogens with zero attached hydrogens (tertiary/aromatic N) is 1. The molecule has 0 aliphatic rings. The predicted octanol–water partition coefficient (Wildman–Crippen LogP) is 4.37. The zero-order chi connectivity index (χ0) is 17.4. The summed E-state index contributed by atoms with van der Waals surface area (Å²) in [6.45, 7) is 6.57. The van der Waals surface area contributed by atoms with E-state index in [-0.39, 0.29) is 5.82 Å². The van der Waals surface area contributed by atoms with E-state index in [1.165, 1.54) is 11.6 Å². The van der Waals surface area contributed by atoms with Crippen molar-refractivity contribution in [3.05, 3.63) is 47.4 Å². The minimum atomic E-state index is -1.95. The number of benzene rings is 1. The van der Waals surface area contributed by atoms with Gasteiger partial charge in [0.2, 0.25) is 0 Å². The normalized spacial score (nSPS) is 12.0. The Labute approximate surface area is 142 Å². The van der Waals surface area contributed by atoms with Crippen molar-refractivity contribution in [1.82, 2.24) is 0 Å². The zero-order valence-electron chi connectivity index (χ0n) is 15.5. The van der Waals surface area contributed by atoms with Crippen LogP contribution in [-0.2, 0) is 13.5 Å². The van der Waals surface area contributed by atoms with E-state index in [1.54, 1.807) is 10.5 Å². The van der Waals surface area contributed by atoms with Crippen LogP contribution in [-0.4, -0.2) is 13.3 Å². The Balaban J connectivity index is 2.68. The van der Waals surface area contributed by atoms with Gasteiger partial charge in [-0.3, -0.25) is 0 Å². The Morgan fingerprint density at radius 1 is 1.13 bits per heavy atom. The van der Waals surface area contributed by atoms with Gasteiger partial charge < -0.3 is 0 Å². The van der Waals surface area contributed by atoms with Gasteiger partial charge in [0.1, 0.15) is 0 Å². The molecule has 0 bridgehead atoms. The van der Waals surface area contributed by atoms with E-state index < -0.39 is 13.3 Å². The molecule has 2 rings (SSSR count). The summed E-state index contributed by atoms with van der Waals surface area (Å²) in [4.78, 5) is 0. The molecule has 0 saturated heterocycles. The maximum absolute atomic E-state index is 13.7. The number of aromatic nitrogens is 1. The number of hydrogen-bond acceptors (Lipinski definition) is 0. The van der Waals surface area contributed by atoms with E-state index in [2.05, 4.69) is 55.0 Å². The van der Waals surface area contributed by atoms with E-state index in [0.717, 1.165) is 23.2 Å². The molecule has 0 radical (unpaired) electrons. The van der Waals surface area contributed by atoms with Crippen LogP contribution >= 0.6 is 0 Å². The number of halogens is 1. The number of aryl methyl sites for hydroxylation is 2. The first-order valence-electron chi connectivity index (χ1n) is 8.39. The van der Waals surface area contributed by atoms with E-state index in [9.17, 15) is 4.39 Å². The molecule has 0 amide bonds. The molecule has 124 valence electrons. The van der Waals surface area contributed by atoms with Crippen LogP contribution in [0.15, 0.2) is 30.5 Å². The van der Waals surface area contributed by atoms with Gasteiger partial charge in [-0.15, -0.1) is 0 Å². The van der Waals surface area contributed by atoms with Crippen molar-refractivity contribution >= 4 is 17.7 Å². The third kappa shape index (κ3) is 4.23. The van der Waals surface area contributed by atoms with Gasteiger partial charge >= 0.3 is 143 Å². The summed E-state index contributed by atoms with van der Waals surface area (Å²) < 4.78 is 17.5. The van der Waals surface area contributed by atoms with Gasteiger partial charge in [0.05, 0.1) is 0 Å². The Bertz CT molecular complexity index is 714. The fraction of sp³-hybridized carbons (Fsp3) is 0.450. The summed E-state index contributed by atoms with van der Waals surface area (Å²) in [6.07, 6.45) is 3.39. The fourth-order valence-corrected chi connectivity index (χ4v) is 6.72. The monoisotopic (exact) mass is 376 g/mol. The summed E-state index contributed by atoms with van der Waals surface area (Å²) in [7, 11) is 2.08. The standard InChI is InChI=1S/C20H29FGeN/c1-14(2)10-16-11-20(18-12-17(21)9-8-15(18)3)23(7)13-19(16)22(4,5)6/h8-9,11-14H,10H2,1-7H3/q+1. The molecular weight excluding hydrogens is 346 g/mol. The van der Waals surface area contributed by atoms with Crippen LogP contribution < -0.4 is 8.96 Å². The summed E-state index contributed by atoms with van der Waals surface area (Å²) in [5.74, 6) is 7.76. The molecule has 0 unspecified atom stereocenters. The van der Waals surface area contributed by atoms with E-state index in [1.807, 2.05) is 13.0 Å². The molecule has 0 atom stereocenters. The van der Waals surface area contributed by atoms with Crippen LogP contribution in [0.1, 0.15) is 25.0 Å². The minimum absolute atomic E-state index is 0.173. The van der Waals surface area contributed by atoms with Crippen molar-refractivity contribution in [2.24, 2.45) is 13.0 Å². The molecule has 1 heterocycles. The van der Waals surface area contributed by atoms with Gasteiger partial charge in [-0.25, -0.2) is 0 Å². The molecule has 0 spiro atoms. The van der Waals surface area contributed by atoms with Crippen LogP contribution in [0.5, 0.6) is 0 Å². The average molecular weight is 375 g/mol. The van der Waals surface area contributed by atoms with Crippen LogP contribution in [0, 0.1) is 18.7 Å². The summed E-state index contributed by atoms with van der Waals surface area (Å²) in [6, 6.07) is 7.35. The summed E-state index contributed by atoms with van der Waals surface area (Å²) >= 11 is -1.95. The first kappa shape index (κ1) is 18.2. The van der Waals surface area contributed by atoms with E-state index in [0.29, 0.717) is 5.92 Å². The van der Waals surface area contributed by atoms with Crippen LogP contribution in [0.2, 0.25) is 17.3 Å². The average Bonchev–Trinajstić information content (AvgIpc) is 2.41. The predicted molar refractivity (Wildman–Crippen MR) is 99.3 cm³/mol. The van der Waals surface area contributed by atoms with Crippen LogP contribution in [0.4, 0.5) is 4.39 Å². The van der Waals surface area contributed by atoms with Gasteiger partial charge in [0.25, 0.3) is 0 Å². The van der Waals surface area contributed by atoms with Gasteiger partial charge in [0.15, 0.2) is 0 Å².